The Hall–Kier alpha value is -2.82. The van der Waals surface area contributed by atoms with Crippen LogP contribution in [0.3, 0.4) is 0 Å². The van der Waals surface area contributed by atoms with Gasteiger partial charge < -0.3 is 14.8 Å². The molecule has 0 bridgehead atoms. The maximum Gasteiger partial charge on any atom is 0.255 e. The second-order valence-electron chi connectivity index (χ2n) is 5.82. The molecule has 5 heteroatoms. The van der Waals surface area contributed by atoms with E-state index in [4.69, 9.17) is 0 Å². The average molecular weight is 308 g/mol. The molecule has 0 radical (unpaired) electrons. The number of aromatic nitrogens is 2. The first-order valence-electron chi connectivity index (χ1n) is 7.47. The normalized spacial score (nSPS) is 10.8. The number of rotatable bonds is 3. The minimum atomic E-state index is -0.124. The van der Waals surface area contributed by atoms with E-state index in [2.05, 4.69) is 10.3 Å². The highest BCUT2D eigenvalue weighted by Crippen LogP contribution is 2.20. The van der Waals surface area contributed by atoms with E-state index in [1.807, 2.05) is 80.0 Å². The lowest BCUT2D eigenvalue weighted by Crippen LogP contribution is -2.14. The standard InChI is InChI=1S/C18H20N4O/c1-12-19-16-11-14(8-9-17(16)22(12)4)20-18(23)13-6-5-7-15(10-13)21(2)3/h5-11H,1-4H3,(H,20,23). The van der Waals surface area contributed by atoms with Crippen LogP contribution in [0.4, 0.5) is 11.4 Å². The molecule has 1 N–H and O–H groups in total. The van der Waals surface area contributed by atoms with Gasteiger partial charge >= 0.3 is 0 Å². The lowest BCUT2D eigenvalue weighted by molar-refractivity contribution is 0.102. The summed E-state index contributed by atoms with van der Waals surface area (Å²) in [6.45, 7) is 1.96. The lowest BCUT2D eigenvalue weighted by Gasteiger charge is -2.13. The van der Waals surface area contributed by atoms with Gasteiger partial charge in [-0.25, -0.2) is 4.98 Å². The Morgan fingerprint density at radius 3 is 2.70 bits per heavy atom. The molecule has 0 fully saturated rings. The number of carbonyl (C=O) groups excluding carboxylic acids is 1. The second-order valence-corrected chi connectivity index (χ2v) is 5.82. The van der Waals surface area contributed by atoms with Gasteiger partial charge in [0, 0.05) is 38.1 Å². The van der Waals surface area contributed by atoms with Crippen LogP contribution in [0.5, 0.6) is 0 Å². The van der Waals surface area contributed by atoms with Crippen LogP contribution in [0.15, 0.2) is 42.5 Å². The fourth-order valence-corrected chi connectivity index (χ4v) is 2.53. The minimum Gasteiger partial charge on any atom is -0.378 e. The van der Waals surface area contributed by atoms with Crippen LogP contribution in [-0.4, -0.2) is 29.6 Å². The number of hydrogen-bond acceptors (Lipinski definition) is 3. The summed E-state index contributed by atoms with van der Waals surface area (Å²) in [6.07, 6.45) is 0. The molecule has 3 rings (SSSR count). The summed E-state index contributed by atoms with van der Waals surface area (Å²) in [5, 5.41) is 2.94. The van der Waals surface area contributed by atoms with Crippen molar-refractivity contribution in [2.75, 3.05) is 24.3 Å². The molecule has 0 atom stereocenters. The third kappa shape index (κ3) is 2.90. The van der Waals surface area contributed by atoms with Crippen LogP contribution >= 0.6 is 0 Å². The van der Waals surface area contributed by atoms with E-state index in [1.54, 1.807) is 0 Å². The summed E-state index contributed by atoms with van der Waals surface area (Å²) in [4.78, 5) is 18.9. The van der Waals surface area contributed by atoms with Crippen molar-refractivity contribution in [1.82, 2.24) is 9.55 Å². The first-order chi connectivity index (χ1) is 11.0. The maximum atomic E-state index is 12.4. The molecule has 0 aliphatic rings. The molecule has 1 aromatic heterocycles. The number of anilines is 2. The first kappa shape index (κ1) is 15.1. The number of imidazole rings is 1. The van der Waals surface area contributed by atoms with Crippen LogP contribution in [0.25, 0.3) is 11.0 Å². The third-order valence-electron chi connectivity index (χ3n) is 3.99. The summed E-state index contributed by atoms with van der Waals surface area (Å²) < 4.78 is 2.03. The molecular weight excluding hydrogens is 288 g/mol. The van der Waals surface area contributed by atoms with Crippen molar-refractivity contribution >= 4 is 28.3 Å². The predicted octanol–water partition coefficient (Wildman–Crippen LogP) is 3.20. The fourth-order valence-electron chi connectivity index (χ4n) is 2.53. The summed E-state index contributed by atoms with van der Waals surface area (Å²) >= 11 is 0. The van der Waals surface area contributed by atoms with E-state index >= 15 is 0 Å². The predicted molar refractivity (Wildman–Crippen MR) is 94.2 cm³/mol. The number of amides is 1. The van der Waals surface area contributed by atoms with E-state index in [0.29, 0.717) is 5.56 Å². The smallest absolute Gasteiger partial charge is 0.255 e. The zero-order valence-electron chi connectivity index (χ0n) is 13.8. The Morgan fingerprint density at radius 2 is 1.96 bits per heavy atom. The Balaban J connectivity index is 1.86. The second kappa shape index (κ2) is 5.76. The summed E-state index contributed by atoms with van der Waals surface area (Å²) in [6, 6.07) is 13.3. The number of fused-ring (bicyclic) bond motifs is 1. The monoisotopic (exact) mass is 308 g/mol. The van der Waals surface area contributed by atoms with Crippen LogP contribution in [0.2, 0.25) is 0 Å². The van der Waals surface area contributed by atoms with Gasteiger partial charge in [0.05, 0.1) is 11.0 Å². The van der Waals surface area contributed by atoms with Crippen LogP contribution in [-0.2, 0) is 7.05 Å². The number of nitrogens with one attached hydrogen (secondary N) is 1. The Bertz CT molecular complexity index is 880. The zero-order valence-corrected chi connectivity index (χ0v) is 13.8. The van der Waals surface area contributed by atoms with Crippen molar-refractivity contribution in [1.29, 1.82) is 0 Å². The van der Waals surface area contributed by atoms with Gasteiger partial charge in [-0.1, -0.05) is 6.07 Å². The molecule has 23 heavy (non-hydrogen) atoms. The topological polar surface area (TPSA) is 50.2 Å². The van der Waals surface area contributed by atoms with Crippen LogP contribution in [0, 0.1) is 6.92 Å². The summed E-state index contributed by atoms with van der Waals surface area (Å²) in [5.41, 5.74) is 4.30. The van der Waals surface area contributed by atoms with E-state index in [0.717, 1.165) is 28.2 Å². The molecule has 0 aliphatic heterocycles. The molecule has 5 nitrogen and oxygen atoms in total. The van der Waals surface area contributed by atoms with Crippen LogP contribution < -0.4 is 10.2 Å². The molecule has 1 amide bonds. The Morgan fingerprint density at radius 1 is 1.17 bits per heavy atom. The van der Waals surface area contributed by atoms with Crippen molar-refractivity contribution in [3.8, 4) is 0 Å². The quantitative estimate of drug-likeness (QED) is 0.808. The van der Waals surface area contributed by atoms with E-state index < -0.39 is 0 Å². The lowest BCUT2D eigenvalue weighted by atomic mass is 10.1. The zero-order chi connectivity index (χ0) is 16.6. The number of benzene rings is 2. The van der Waals surface area contributed by atoms with E-state index in [9.17, 15) is 4.79 Å². The highest BCUT2D eigenvalue weighted by molar-refractivity contribution is 6.05. The molecule has 0 saturated heterocycles. The maximum absolute atomic E-state index is 12.4. The molecule has 0 aliphatic carbocycles. The number of hydrogen-bond donors (Lipinski definition) is 1. The van der Waals surface area contributed by atoms with E-state index in [1.165, 1.54) is 0 Å². The molecule has 2 aromatic carbocycles. The molecule has 0 unspecified atom stereocenters. The van der Waals surface area contributed by atoms with Crippen molar-refractivity contribution in [3.63, 3.8) is 0 Å². The molecule has 118 valence electrons. The highest BCUT2D eigenvalue weighted by Gasteiger charge is 2.10. The Kier molecular flexibility index (Phi) is 3.78. The number of carbonyl (C=O) groups is 1. The van der Waals surface area contributed by atoms with Crippen molar-refractivity contribution in [2.45, 2.75) is 6.92 Å². The van der Waals surface area contributed by atoms with Gasteiger partial charge in [-0.2, -0.15) is 0 Å². The average Bonchev–Trinajstić information content (AvgIpc) is 2.81. The van der Waals surface area contributed by atoms with Crippen molar-refractivity contribution < 1.29 is 4.79 Å². The van der Waals surface area contributed by atoms with Crippen molar-refractivity contribution in [3.05, 3.63) is 53.9 Å². The van der Waals surface area contributed by atoms with Gasteiger partial charge in [0.25, 0.3) is 5.91 Å². The summed E-state index contributed by atoms with van der Waals surface area (Å²) in [5.74, 6) is 0.822. The van der Waals surface area contributed by atoms with Gasteiger partial charge in [0.2, 0.25) is 0 Å². The fraction of sp³-hybridized carbons (Fsp3) is 0.222. The molecular formula is C18H20N4O. The highest BCUT2D eigenvalue weighted by atomic mass is 16.1. The van der Waals surface area contributed by atoms with Gasteiger partial charge in [-0.3, -0.25) is 4.79 Å². The third-order valence-corrected chi connectivity index (χ3v) is 3.99. The van der Waals surface area contributed by atoms with Gasteiger partial charge in [-0.05, 0) is 43.3 Å². The van der Waals surface area contributed by atoms with E-state index in [-0.39, 0.29) is 5.91 Å². The molecule has 0 saturated carbocycles. The Labute approximate surface area is 135 Å². The minimum absolute atomic E-state index is 0.124. The number of aryl methyl sites for hydroxylation is 2. The van der Waals surface area contributed by atoms with Gasteiger partial charge in [0.15, 0.2) is 0 Å². The molecule has 0 spiro atoms. The SMILES string of the molecule is Cc1nc2cc(NC(=O)c3cccc(N(C)C)c3)ccc2n1C. The molecule has 1 heterocycles. The van der Waals surface area contributed by atoms with Gasteiger partial charge in [-0.15, -0.1) is 0 Å². The summed E-state index contributed by atoms with van der Waals surface area (Å²) in [7, 11) is 5.89. The van der Waals surface area contributed by atoms with Gasteiger partial charge in [0.1, 0.15) is 5.82 Å². The molecule has 3 aromatic rings. The number of nitrogens with zero attached hydrogens (tertiary/aromatic N) is 3. The first-order valence-corrected chi connectivity index (χ1v) is 7.47. The largest absolute Gasteiger partial charge is 0.378 e. The van der Waals surface area contributed by atoms with Crippen molar-refractivity contribution in [2.24, 2.45) is 7.05 Å². The van der Waals surface area contributed by atoms with Crippen LogP contribution in [0.1, 0.15) is 16.2 Å².